The molecule has 4 atom stereocenters. The van der Waals surface area contributed by atoms with E-state index in [0.717, 1.165) is 24.4 Å². The molecule has 1 heterocycles. The minimum absolute atomic E-state index is 0.496. The van der Waals surface area contributed by atoms with E-state index in [1.165, 1.54) is 24.8 Å². The number of nitrogens with one attached hydrogen (secondary N) is 1. The third-order valence-corrected chi connectivity index (χ3v) is 6.12. The van der Waals surface area contributed by atoms with Crippen molar-refractivity contribution in [2.45, 2.75) is 49.6 Å². The van der Waals surface area contributed by atoms with Crippen molar-refractivity contribution in [3.05, 3.63) is 35.9 Å². The molecule has 2 fully saturated rings. The Balaban J connectivity index is 1.73. The molecule has 1 N–H and O–H groups in total. The summed E-state index contributed by atoms with van der Waals surface area (Å²) in [6.45, 7) is 4.65. The SMILES string of the molecule is CSC1CCCC1N1CC(c2ccccc2)NCC1C. The van der Waals surface area contributed by atoms with E-state index in [9.17, 15) is 0 Å². The number of nitrogens with zero attached hydrogens (tertiary/aromatic N) is 1. The van der Waals surface area contributed by atoms with E-state index in [1.807, 2.05) is 0 Å². The maximum Gasteiger partial charge on any atom is 0.0450 e. The van der Waals surface area contributed by atoms with Gasteiger partial charge in [0.1, 0.15) is 0 Å². The molecule has 3 rings (SSSR count). The van der Waals surface area contributed by atoms with Gasteiger partial charge in [0.15, 0.2) is 0 Å². The molecule has 1 aromatic rings. The quantitative estimate of drug-likeness (QED) is 0.919. The minimum atomic E-state index is 0.496. The monoisotopic (exact) mass is 290 g/mol. The fourth-order valence-corrected chi connectivity index (χ4v) is 4.83. The zero-order valence-corrected chi connectivity index (χ0v) is 13.4. The molecule has 4 unspecified atom stereocenters. The molecular weight excluding hydrogens is 264 g/mol. The van der Waals surface area contributed by atoms with E-state index in [4.69, 9.17) is 0 Å². The van der Waals surface area contributed by atoms with Crippen LogP contribution in [0.5, 0.6) is 0 Å². The lowest BCUT2D eigenvalue weighted by molar-refractivity contribution is 0.0954. The standard InChI is InChI=1S/C17H26N2S/c1-13-11-18-15(14-7-4-3-5-8-14)12-19(13)16-9-6-10-17(16)20-2/h3-5,7-8,13,15-18H,6,9-12H2,1-2H3. The number of benzene rings is 1. The fourth-order valence-electron chi connectivity index (χ4n) is 3.82. The Hall–Kier alpha value is -0.510. The fraction of sp³-hybridized carbons (Fsp3) is 0.647. The van der Waals surface area contributed by atoms with Gasteiger partial charge in [0.2, 0.25) is 0 Å². The lowest BCUT2D eigenvalue weighted by Gasteiger charge is -2.44. The van der Waals surface area contributed by atoms with E-state index in [0.29, 0.717) is 12.1 Å². The van der Waals surface area contributed by atoms with Crippen molar-refractivity contribution in [2.75, 3.05) is 19.3 Å². The third kappa shape index (κ3) is 2.90. The van der Waals surface area contributed by atoms with Crippen molar-refractivity contribution in [3.8, 4) is 0 Å². The molecule has 0 radical (unpaired) electrons. The van der Waals surface area contributed by atoms with Gasteiger partial charge in [-0.3, -0.25) is 4.90 Å². The second-order valence-corrected chi connectivity index (χ2v) is 7.27. The van der Waals surface area contributed by atoms with Gasteiger partial charge in [0, 0.05) is 36.5 Å². The van der Waals surface area contributed by atoms with Crippen molar-refractivity contribution >= 4 is 11.8 Å². The molecule has 1 aliphatic heterocycles. The van der Waals surface area contributed by atoms with Crippen LogP contribution in [0.3, 0.4) is 0 Å². The topological polar surface area (TPSA) is 15.3 Å². The van der Waals surface area contributed by atoms with Crippen molar-refractivity contribution in [1.29, 1.82) is 0 Å². The summed E-state index contributed by atoms with van der Waals surface area (Å²) in [4.78, 5) is 2.78. The Kier molecular flexibility index (Phi) is 4.69. The molecule has 1 aromatic carbocycles. The molecule has 3 heteroatoms. The van der Waals surface area contributed by atoms with Gasteiger partial charge in [-0.1, -0.05) is 36.8 Å². The molecule has 2 nitrogen and oxygen atoms in total. The van der Waals surface area contributed by atoms with Crippen molar-refractivity contribution in [3.63, 3.8) is 0 Å². The van der Waals surface area contributed by atoms with Gasteiger partial charge in [-0.15, -0.1) is 0 Å². The summed E-state index contributed by atoms with van der Waals surface area (Å²) in [5.74, 6) is 0. The maximum atomic E-state index is 3.72. The number of thioether (sulfide) groups is 1. The average molecular weight is 290 g/mol. The number of rotatable bonds is 3. The van der Waals surface area contributed by atoms with E-state index in [1.54, 1.807) is 0 Å². The van der Waals surface area contributed by atoms with Crippen LogP contribution in [0.4, 0.5) is 0 Å². The second-order valence-electron chi connectivity index (χ2n) is 6.19. The lowest BCUT2D eigenvalue weighted by Crippen LogP contribution is -2.56. The Bertz CT molecular complexity index is 422. The smallest absolute Gasteiger partial charge is 0.0450 e. The van der Waals surface area contributed by atoms with Gasteiger partial charge in [0.05, 0.1) is 0 Å². The second kappa shape index (κ2) is 6.50. The van der Waals surface area contributed by atoms with E-state index >= 15 is 0 Å². The zero-order valence-electron chi connectivity index (χ0n) is 12.6. The van der Waals surface area contributed by atoms with Crippen LogP contribution in [0.1, 0.15) is 37.8 Å². The highest BCUT2D eigenvalue weighted by atomic mass is 32.2. The zero-order chi connectivity index (χ0) is 13.9. The molecule has 1 saturated heterocycles. The van der Waals surface area contributed by atoms with E-state index < -0.39 is 0 Å². The Labute approximate surface area is 127 Å². The first kappa shape index (κ1) is 14.4. The third-order valence-electron chi connectivity index (χ3n) is 4.97. The molecule has 1 saturated carbocycles. The Morgan fingerprint density at radius 3 is 2.75 bits per heavy atom. The Morgan fingerprint density at radius 1 is 1.20 bits per heavy atom. The largest absolute Gasteiger partial charge is 0.307 e. The molecule has 0 bridgehead atoms. The highest BCUT2D eigenvalue weighted by molar-refractivity contribution is 7.99. The van der Waals surface area contributed by atoms with E-state index in [-0.39, 0.29) is 0 Å². The van der Waals surface area contributed by atoms with Crippen LogP contribution in [-0.4, -0.2) is 41.6 Å². The molecule has 1 aliphatic carbocycles. The van der Waals surface area contributed by atoms with Crippen molar-refractivity contribution < 1.29 is 0 Å². The van der Waals surface area contributed by atoms with Crippen LogP contribution in [0.2, 0.25) is 0 Å². The molecule has 20 heavy (non-hydrogen) atoms. The van der Waals surface area contributed by atoms with Crippen LogP contribution in [0.25, 0.3) is 0 Å². The summed E-state index contributed by atoms with van der Waals surface area (Å²) in [6.07, 6.45) is 6.48. The summed E-state index contributed by atoms with van der Waals surface area (Å²) in [5, 5.41) is 4.56. The first-order valence-corrected chi connectivity index (χ1v) is 9.15. The maximum absolute atomic E-state index is 3.72. The number of hydrogen-bond donors (Lipinski definition) is 1. The van der Waals surface area contributed by atoms with E-state index in [2.05, 4.69) is 65.5 Å². The van der Waals surface area contributed by atoms with Crippen LogP contribution in [0.15, 0.2) is 30.3 Å². The highest BCUT2D eigenvalue weighted by Crippen LogP contribution is 2.35. The predicted molar refractivity (Wildman–Crippen MR) is 88.3 cm³/mol. The van der Waals surface area contributed by atoms with Gasteiger partial charge >= 0.3 is 0 Å². The summed E-state index contributed by atoms with van der Waals surface area (Å²) in [7, 11) is 0. The van der Waals surface area contributed by atoms with Gasteiger partial charge in [0.25, 0.3) is 0 Å². The van der Waals surface area contributed by atoms with Gasteiger partial charge in [-0.25, -0.2) is 0 Å². The van der Waals surface area contributed by atoms with Gasteiger partial charge < -0.3 is 5.32 Å². The molecule has 0 aromatic heterocycles. The summed E-state index contributed by atoms with van der Waals surface area (Å²) in [6, 6.07) is 12.9. The normalized spacial score (nSPS) is 35.3. The van der Waals surface area contributed by atoms with Gasteiger partial charge in [-0.2, -0.15) is 11.8 Å². The van der Waals surface area contributed by atoms with Crippen LogP contribution < -0.4 is 5.32 Å². The Morgan fingerprint density at radius 2 is 2.00 bits per heavy atom. The van der Waals surface area contributed by atoms with Gasteiger partial charge in [-0.05, 0) is 31.6 Å². The lowest BCUT2D eigenvalue weighted by atomic mass is 10.00. The molecule has 0 spiro atoms. The highest BCUT2D eigenvalue weighted by Gasteiger charge is 2.37. The molecule has 110 valence electrons. The average Bonchev–Trinajstić information content (AvgIpc) is 2.97. The predicted octanol–water partition coefficient (Wildman–Crippen LogP) is 3.31. The summed E-state index contributed by atoms with van der Waals surface area (Å²) < 4.78 is 0. The summed E-state index contributed by atoms with van der Waals surface area (Å²) in [5.41, 5.74) is 1.43. The van der Waals surface area contributed by atoms with Crippen LogP contribution >= 0.6 is 11.8 Å². The number of piperazine rings is 1. The minimum Gasteiger partial charge on any atom is -0.307 e. The number of hydrogen-bond acceptors (Lipinski definition) is 3. The van der Waals surface area contributed by atoms with Crippen molar-refractivity contribution in [1.82, 2.24) is 10.2 Å². The van der Waals surface area contributed by atoms with Crippen molar-refractivity contribution in [2.24, 2.45) is 0 Å². The molecule has 2 aliphatic rings. The molecular formula is C17H26N2S. The van der Waals surface area contributed by atoms with Crippen LogP contribution in [-0.2, 0) is 0 Å². The summed E-state index contributed by atoms with van der Waals surface area (Å²) >= 11 is 2.07. The first-order valence-electron chi connectivity index (χ1n) is 7.86. The molecule has 0 amide bonds. The van der Waals surface area contributed by atoms with Crippen LogP contribution in [0, 0.1) is 0 Å². The first-order chi connectivity index (χ1) is 9.79.